The molecule has 1 aromatic heterocycles. The van der Waals surface area contributed by atoms with E-state index >= 15 is 0 Å². The van der Waals surface area contributed by atoms with E-state index in [-0.39, 0.29) is 5.91 Å². The summed E-state index contributed by atoms with van der Waals surface area (Å²) in [6.07, 6.45) is 0.303. The van der Waals surface area contributed by atoms with Crippen LogP contribution in [-0.4, -0.2) is 25.2 Å². The standard InChI is InChI=1S/C16H21N3O2/c1-11-15(12(2)21-18-11)9-16(20)17-10-13-5-7-14(8-6-13)19(3)4/h5-8H,9-10H2,1-4H3,(H,17,20). The number of benzene rings is 1. The second-order valence-corrected chi connectivity index (χ2v) is 5.32. The van der Waals surface area contributed by atoms with Crippen LogP contribution >= 0.6 is 0 Å². The molecule has 1 N–H and O–H groups in total. The monoisotopic (exact) mass is 287 g/mol. The fourth-order valence-corrected chi connectivity index (χ4v) is 2.09. The second-order valence-electron chi connectivity index (χ2n) is 5.32. The highest BCUT2D eigenvalue weighted by atomic mass is 16.5. The summed E-state index contributed by atoms with van der Waals surface area (Å²) in [7, 11) is 4.00. The first-order valence-electron chi connectivity index (χ1n) is 6.92. The highest BCUT2D eigenvalue weighted by molar-refractivity contribution is 5.79. The summed E-state index contributed by atoms with van der Waals surface area (Å²) in [5.41, 5.74) is 3.86. The van der Waals surface area contributed by atoms with Crippen LogP contribution in [0.5, 0.6) is 0 Å². The predicted molar refractivity (Wildman–Crippen MR) is 82.3 cm³/mol. The number of aromatic nitrogens is 1. The minimum atomic E-state index is -0.0268. The Bertz CT molecular complexity index is 595. The number of anilines is 1. The summed E-state index contributed by atoms with van der Waals surface area (Å²) < 4.78 is 5.06. The van der Waals surface area contributed by atoms with E-state index in [1.807, 2.05) is 57.1 Å². The molecule has 5 heteroatoms. The zero-order valence-electron chi connectivity index (χ0n) is 12.9. The SMILES string of the molecule is Cc1noc(C)c1CC(=O)NCc1ccc(N(C)C)cc1. The van der Waals surface area contributed by atoms with Gasteiger partial charge in [-0.25, -0.2) is 0 Å². The molecule has 0 spiro atoms. The van der Waals surface area contributed by atoms with E-state index in [4.69, 9.17) is 4.52 Å². The van der Waals surface area contributed by atoms with Crippen molar-refractivity contribution in [2.75, 3.05) is 19.0 Å². The maximum Gasteiger partial charge on any atom is 0.224 e. The average Bonchev–Trinajstić information content (AvgIpc) is 2.77. The Labute approximate surface area is 124 Å². The molecule has 1 heterocycles. The smallest absolute Gasteiger partial charge is 0.224 e. The van der Waals surface area contributed by atoms with Crippen molar-refractivity contribution >= 4 is 11.6 Å². The van der Waals surface area contributed by atoms with E-state index in [9.17, 15) is 4.79 Å². The molecule has 0 aliphatic carbocycles. The van der Waals surface area contributed by atoms with E-state index in [2.05, 4.69) is 10.5 Å². The van der Waals surface area contributed by atoms with Gasteiger partial charge >= 0.3 is 0 Å². The van der Waals surface area contributed by atoms with Crippen LogP contribution in [0.4, 0.5) is 5.69 Å². The van der Waals surface area contributed by atoms with Crippen molar-refractivity contribution < 1.29 is 9.32 Å². The highest BCUT2D eigenvalue weighted by Crippen LogP contribution is 2.14. The van der Waals surface area contributed by atoms with Gasteiger partial charge in [-0.1, -0.05) is 17.3 Å². The van der Waals surface area contributed by atoms with Crippen molar-refractivity contribution in [1.82, 2.24) is 10.5 Å². The molecule has 1 amide bonds. The molecule has 0 unspecified atom stereocenters. The van der Waals surface area contributed by atoms with Crippen LogP contribution in [0.25, 0.3) is 0 Å². The van der Waals surface area contributed by atoms with Crippen molar-refractivity contribution in [3.8, 4) is 0 Å². The zero-order valence-corrected chi connectivity index (χ0v) is 12.9. The highest BCUT2D eigenvalue weighted by Gasteiger charge is 2.13. The van der Waals surface area contributed by atoms with Gasteiger partial charge in [-0.05, 0) is 31.5 Å². The van der Waals surface area contributed by atoms with Crippen LogP contribution in [-0.2, 0) is 17.8 Å². The van der Waals surface area contributed by atoms with Crippen LogP contribution in [0.15, 0.2) is 28.8 Å². The Morgan fingerprint density at radius 3 is 2.43 bits per heavy atom. The molecule has 0 radical (unpaired) electrons. The molecule has 21 heavy (non-hydrogen) atoms. The lowest BCUT2D eigenvalue weighted by molar-refractivity contribution is -0.120. The van der Waals surface area contributed by atoms with Crippen LogP contribution < -0.4 is 10.2 Å². The first-order chi connectivity index (χ1) is 9.97. The van der Waals surface area contributed by atoms with E-state index in [0.29, 0.717) is 18.7 Å². The van der Waals surface area contributed by atoms with Crippen LogP contribution in [0.2, 0.25) is 0 Å². The van der Waals surface area contributed by atoms with Crippen molar-refractivity contribution in [3.63, 3.8) is 0 Å². The maximum absolute atomic E-state index is 12.0. The van der Waals surface area contributed by atoms with Crippen molar-refractivity contribution in [1.29, 1.82) is 0 Å². The maximum atomic E-state index is 12.0. The molecule has 112 valence electrons. The third-order valence-corrected chi connectivity index (χ3v) is 3.46. The number of hydrogen-bond acceptors (Lipinski definition) is 4. The van der Waals surface area contributed by atoms with Gasteiger partial charge in [-0.2, -0.15) is 0 Å². The summed E-state index contributed by atoms with van der Waals surface area (Å²) >= 11 is 0. The van der Waals surface area contributed by atoms with Crippen molar-refractivity contribution in [2.45, 2.75) is 26.8 Å². The molecule has 0 bridgehead atoms. The molecule has 0 saturated carbocycles. The molecular formula is C16H21N3O2. The Morgan fingerprint density at radius 1 is 1.24 bits per heavy atom. The van der Waals surface area contributed by atoms with E-state index in [0.717, 1.165) is 22.5 Å². The van der Waals surface area contributed by atoms with Gasteiger partial charge in [0.2, 0.25) is 5.91 Å². The fraction of sp³-hybridized carbons (Fsp3) is 0.375. The van der Waals surface area contributed by atoms with Crippen LogP contribution in [0.3, 0.4) is 0 Å². The number of aryl methyl sites for hydroxylation is 2. The van der Waals surface area contributed by atoms with Gasteiger partial charge in [-0.3, -0.25) is 4.79 Å². The Hall–Kier alpha value is -2.30. The Morgan fingerprint density at radius 2 is 1.90 bits per heavy atom. The third kappa shape index (κ3) is 3.84. The number of nitrogens with zero attached hydrogens (tertiary/aromatic N) is 2. The lowest BCUT2D eigenvalue weighted by Gasteiger charge is -2.13. The summed E-state index contributed by atoms with van der Waals surface area (Å²) in [4.78, 5) is 14.0. The number of amides is 1. The predicted octanol–water partition coefficient (Wildman–Crippen LogP) is 2.22. The number of carbonyl (C=O) groups is 1. The minimum absolute atomic E-state index is 0.0268. The molecule has 0 aliphatic heterocycles. The molecule has 0 atom stereocenters. The van der Waals surface area contributed by atoms with Gasteiger partial charge in [0.25, 0.3) is 0 Å². The van der Waals surface area contributed by atoms with Gasteiger partial charge in [0.15, 0.2) is 0 Å². The molecule has 2 rings (SSSR count). The molecule has 0 saturated heterocycles. The van der Waals surface area contributed by atoms with Crippen LogP contribution in [0, 0.1) is 13.8 Å². The third-order valence-electron chi connectivity index (χ3n) is 3.46. The molecule has 1 aromatic carbocycles. The normalized spacial score (nSPS) is 10.5. The molecule has 0 fully saturated rings. The number of carbonyl (C=O) groups excluding carboxylic acids is 1. The summed E-state index contributed by atoms with van der Waals surface area (Å²) in [6.45, 7) is 4.19. The lowest BCUT2D eigenvalue weighted by Crippen LogP contribution is -2.25. The number of hydrogen-bond donors (Lipinski definition) is 1. The molecule has 2 aromatic rings. The van der Waals surface area contributed by atoms with Gasteiger partial charge in [-0.15, -0.1) is 0 Å². The van der Waals surface area contributed by atoms with E-state index < -0.39 is 0 Å². The van der Waals surface area contributed by atoms with Gasteiger partial charge < -0.3 is 14.7 Å². The molecular weight excluding hydrogens is 266 g/mol. The van der Waals surface area contributed by atoms with Crippen molar-refractivity contribution in [3.05, 3.63) is 46.8 Å². The quantitative estimate of drug-likeness (QED) is 0.916. The largest absolute Gasteiger partial charge is 0.378 e. The number of rotatable bonds is 5. The van der Waals surface area contributed by atoms with E-state index in [1.165, 1.54) is 0 Å². The summed E-state index contributed by atoms with van der Waals surface area (Å²) in [6, 6.07) is 8.11. The zero-order chi connectivity index (χ0) is 15.4. The van der Waals surface area contributed by atoms with E-state index in [1.54, 1.807) is 0 Å². The minimum Gasteiger partial charge on any atom is -0.378 e. The average molecular weight is 287 g/mol. The Kier molecular flexibility index (Phi) is 4.62. The lowest BCUT2D eigenvalue weighted by atomic mass is 10.1. The van der Waals surface area contributed by atoms with Gasteiger partial charge in [0, 0.05) is 31.9 Å². The summed E-state index contributed by atoms with van der Waals surface area (Å²) in [5, 5.41) is 6.77. The molecule has 5 nitrogen and oxygen atoms in total. The Balaban J connectivity index is 1.89. The first kappa shape index (κ1) is 15.1. The summed E-state index contributed by atoms with van der Waals surface area (Å²) in [5.74, 6) is 0.680. The van der Waals surface area contributed by atoms with Crippen LogP contribution in [0.1, 0.15) is 22.6 Å². The van der Waals surface area contributed by atoms with Crippen molar-refractivity contribution in [2.24, 2.45) is 0 Å². The second kappa shape index (κ2) is 6.43. The fourth-order valence-electron chi connectivity index (χ4n) is 2.09. The molecule has 0 aliphatic rings. The van der Waals surface area contributed by atoms with Gasteiger partial charge in [0.1, 0.15) is 5.76 Å². The first-order valence-corrected chi connectivity index (χ1v) is 6.92. The number of nitrogens with one attached hydrogen (secondary N) is 1. The topological polar surface area (TPSA) is 58.4 Å². The van der Waals surface area contributed by atoms with Gasteiger partial charge in [0.05, 0.1) is 12.1 Å².